The molecule has 5 nitrogen and oxygen atoms in total. The summed E-state index contributed by atoms with van der Waals surface area (Å²) in [5, 5.41) is 7.45. The largest absolute Gasteiger partial charge is 0.337 e. The van der Waals surface area contributed by atoms with Gasteiger partial charge in [0.2, 0.25) is 0 Å². The topological polar surface area (TPSA) is 61.9 Å². The van der Waals surface area contributed by atoms with E-state index in [9.17, 15) is 9.18 Å². The van der Waals surface area contributed by atoms with Gasteiger partial charge in [0.25, 0.3) is 5.91 Å². The molecule has 2 heterocycles. The lowest BCUT2D eigenvalue weighted by molar-refractivity contribution is 0.0724. The number of H-pyrrole nitrogens is 1. The lowest BCUT2D eigenvalue weighted by Gasteiger charge is -2.41. The lowest BCUT2D eigenvalue weighted by Crippen LogP contribution is -2.38. The average Bonchev–Trinajstić information content (AvgIpc) is 3.21. The van der Waals surface area contributed by atoms with Gasteiger partial charge in [0, 0.05) is 31.0 Å². The molecule has 1 saturated carbocycles. The number of amides is 1. The second kappa shape index (κ2) is 6.65. The number of aromatic nitrogens is 3. The van der Waals surface area contributed by atoms with Crippen LogP contribution in [0.3, 0.4) is 0 Å². The molecule has 1 aliphatic heterocycles. The van der Waals surface area contributed by atoms with Crippen molar-refractivity contribution < 1.29 is 9.18 Å². The Morgan fingerprint density at radius 3 is 2.92 bits per heavy atom. The summed E-state index contributed by atoms with van der Waals surface area (Å²) in [6, 6.07) is 4.15. The zero-order valence-corrected chi connectivity index (χ0v) is 15.5. The Kier molecular flexibility index (Phi) is 4.47. The fourth-order valence-electron chi connectivity index (χ4n) is 4.24. The fraction of sp³-hybridized carbons (Fsp3) is 0.526. The molecule has 2 fully saturated rings. The minimum absolute atomic E-state index is 0.0249. The molecule has 1 aromatic carbocycles. The van der Waals surface area contributed by atoms with E-state index in [1.165, 1.54) is 24.6 Å². The van der Waals surface area contributed by atoms with Crippen molar-refractivity contribution in [3.63, 3.8) is 0 Å². The van der Waals surface area contributed by atoms with E-state index < -0.39 is 5.82 Å². The Bertz CT molecular complexity index is 833. The number of nitrogens with one attached hydrogen (secondary N) is 1. The first-order valence-corrected chi connectivity index (χ1v) is 9.56. The summed E-state index contributed by atoms with van der Waals surface area (Å²) in [6.45, 7) is 3.40. The maximum Gasteiger partial charge on any atom is 0.253 e. The van der Waals surface area contributed by atoms with E-state index in [2.05, 4.69) is 22.1 Å². The van der Waals surface area contributed by atoms with Gasteiger partial charge >= 0.3 is 0 Å². The normalized spacial score (nSPS) is 21.2. The highest BCUT2D eigenvalue weighted by Crippen LogP contribution is 2.55. The van der Waals surface area contributed by atoms with E-state index in [1.54, 1.807) is 0 Å². The van der Waals surface area contributed by atoms with Crippen molar-refractivity contribution in [2.45, 2.75) is 44.9 Å². The van der Waals surface area contributed by atoms with E-state index in [-0.39, 0.29) is 22.3 Å². The number of aromatic amines is 1. The van der Waals surface area contributed by atoms with Crippen LogP contribution in [-0.4, -0.2) is 39.1 Å². The van der Waals surface area contributed by atoms with Gasteiger partial charge in [-0.25, -0.2) is 9.37 Å². The number of aryl methyl sites for hydroxylation is 1. The van der Waals surface area contributed by atoms with Gasteiger partial charge in [-0.3, -0.25) is 9.89 Å². The van der Waals surface area contributed by atoms with Crippen molar-refractivity contribution in [2.24, 2.45) is 5.41 Å². The maximum absolute atomic E-state index is 13.4. The second-order valence-corrected chi connectivity index (χ2v) is 7.88. The Labute approximate surface area is 156 Å². The van der Waals surface area contributed by atoms with Crippen molar-refractivity contribution >= 4 is 17.5 Å². The van der Waals surface area contributed by atoms with Crippen molar-refractivity contribution in [1.82, 2.24) is 20.1 Å². The second-order valence-electron chi connectivity index (χ2n) is 7.47. The first-order chi connectivity index (χ1) is 12.5. The summed E-state index contributed by atoms with van der Waals surface area (Å²) in [5.41, 5.74) is 0.499. The molecule has 2 aromatic rings. The van der Waals surface area contributed by atoms with Crippen LogP contribution in [0, 0.1) is 11.2 Å². The Hall–Kier alpha value is -1.95. The summed E-state index contributed by atoms with van der Waals surface area (Å²) in [5.74, 6) is 1.26. The lowest BCUT2D eigenvalue weighted by atomic mass is 9.62. The van der Waals surface area contributed by atoms with E-state index >= 15 is 0 Å². The molecule has 1 atom stereocenters. The van der Waals surface area contributed by atoms with Crippen LogP contribution in [0.1, 0.15) is 60.5 Å². The van der Waals surface area contributed by atoms with Crippen LogP contribution in [0.5, 0.6) is 0 Å². The van der Waals surface area contributed by atoms with Gasteiger partial charge < -0.3 is 4.90 Å². The number of hydrogen-bond acceptors (Lipinski definition) is 3. The van der Waals surface area contributed by atoms with Gasteiger partial charge in [-0.1, -0.05) is 24.9 Å². The molecule has 26 heavy (non-hydrogen) atoms. The summed E-state index contributed by atoms with van der Waals surface area (Å²) < 4.78 is 13.4. The number of halogens is 2. The van der Waals surface area contributed by atoms with Crippen LogP contribution < -0.4 is 0 Å². The smallest absolute Gasteiger partial charge is 0.253 e. The van der Waals surface area contributed by atoms with Crippen molar-refractivity contribution in [2.75, 3.05) is 13.1 Å². The van der Waals surface area contributed by atoms with Crippen LogP contribution in [-0.2, 0) is 6.42 Å². The average molecular weight is 377 g/mol. The van der Waals surface area contributed by atoms with Crippen molar-refractivity contribution in [3.05, 3.63) is 46.3 Å². The maximum atomic E-state index is 13.4. The van der Waals surface area contributed by atoms with Crippen molar-refractivity contribution in [3.8, 4) is 0 Å². The molecule has 0 radical (unpaired) electrons. The molecular formula is C19H22ClFN4O. The quantitative estimate of drug-likeness (QED) is 0.878. The molecule has 1 spiro atoms. The molecule has 1 amide bonds. The molecule has 1 N–H and O–H groups in total. The third-order valence-corrected chi connectivity index (χ3v) is 6.09. The van der Waals surface area contributed by atoms with E-state index in [4.69, 9.17) is 11.6 Å². The molecular weight excluding hydrogens is 355 g/mol. The number of likely N-dealkylation sites (tertiary alicyclic amines) is 1. The molecule has 0 bridgehead atoms. The minimum atomic E-state index is -0.512. The first kappa shape index (κ1) is 17.5. The molecule has 1 unspecified atom stereocenters. The molecule has 1 saturated heterocycles. The molecule has 2 aliphatic rings. The van der Waals surface area contributed by atoms with Gasteiger partial charge in [0.15, 0.2) is 5.82 Å². The Balaban J connectivity index is 1.57. The predicted molar refractivity (Wildman–Crippen MR) is 96.7 cm³/mol. The molecule has 1 aromatic heterocycles. The molecule has 7 heteroatoms. The summed E-state index contributed by atoms with van der Waals surface area (Å²) in [7, 11) is 0. The van der Waals surface area contributed by atoms with Crippen LogP contribution in [0.2, 0.25) is 5.02 Å². The van der Waals surface area contributed by atoms with E-state index in [0.717, 1.165) is 37.3 Å². The van der Waals surface area contributed by atoms with Crippen LogP contribution in [0.4, 0.5) is 4.39 Å². The summed E-state index contributed by atoms with van der Waals surface area (Å²) in [6.07, 6.45) is 5.24. The number of rotatable bonds is 4. The Morgan fingerprint density at radius 2 is 2.27 bits per heavy atom. The number of hydrogen-bond donors (Lipinski definition) is 1. The number of carbonyl (C=O) groups excluding carboxylic acids is 1. The van der Waals surface area contributed by atoms with Gasteiger partial charge in [-0.2, -0.15) is 5.10 Å². The third-order valence-electron chi connectivity index (χ3n) is 5.80. The van der Waals surface area contributed by atoms with Gasteiger partial charge in [-0.05, 0) is 42.9 Å². The van der Waals surface area contributed by atoms with Crippen LogP contribution in [0.15, 0.2) is 18.2 Å². The molecule has 4 rings (SSSR count). The highest BCUT2D eigenvalue weighted by molar-refractivity contribution is 6.31. The zero-order chi connectivity index (χ0) is 18.3. The minimum Gasteiger partial charge on any atom is -0.337 e. The van der Waals surface area contributed by atoms with E-state index in [0.29, 0.717) is 18.7 Å². The van der Waals surface area contributed by atoms with Crippen LogP contribution in [0.25, 0.3) is 0 Å². The summed E-state index contributed by atoms with van der Waals surface area (Å²) in [4.78, 5) is 19.4. The SMILES string of the molecule is CCCc1nc(C2CN(C(=O)c3ccc(F)c(Cl)c3)CC23CCC3)n[nH]1. The first-order valence-electron chi connectivity index (χ1n) is 9.18. The molecule has 138 valence electrons. The number of nitrogens with zero attached hydrogens (tertiary/aromatic N) is 3. The number of carbonyl (C=O) groups is 1. The standard InChI is InChI=1S/C19H22ClFN4O/c1-2-4-16-22-17(24-23-16)13-10-25(11-19(13)7-3-8-19)18(26)12-5-6-15(21)14(20)9-12/h5-6,9,13H,2-4,7-8,10-11H2,1H3,(H,22,23,24). The number of benzene rings is 1. The zero-order valence-electron chi connectivity index (χ0n) is 14.8. The third kappa shape index (κ3) is 2.90. The van der Waals surface area contributed by atoms with Gasteiger partial charge in [0.05, 0.1) is 5.02 Å². The van der Waals surface area contributed by atoms with Crippen molar-refractivity contribution in [1.29, 1.82) is 0 Å². The van der Waals surface area contributed by atoms with E-state index in [1.807, 2.05) is 4.90 Å². The summed E-state index contributed by atoms with van der Waals surface area (Å²) >= 11 is 5.85. The fourth-order valence-corrected chi connectivity index (χ4v) is 4.42. The van der Waals surface area contributed by atoms with Crippen LogP contribution >= 0.6 is 11.6 Å². The monoisotopic (exact) mass is 376 g/mol. The van der Waals surface area contributed by atoms with Gasteiger partial charge in [-0.15, -0.1) is 0 Å². The highest BCUT2D eigenvalue weighted by Gasteiger charge is 2.53. The highest BCUT2D eigenvalue weighted by atomic mass is 35.5. The molecule has 1 aliphatic carbocycles. The van der Waals surface area contributed by atoms with Gasteiger partial charge in [0.1, 0.15) is 11.6 Å². The Morgan fingerprint density at radius 1 is 1.46 bits per heavy atom. The predicted octanol–water partition coefficient (Wildman–Crippen LogP) is 3.96.